The summed E-state index contributed by atoms with van der Waals surface area (Å²) >= 11 is 0. The number of carboxylic acids is 1. The van der Waals surface area contributed by atoms with E-state index in [0.717, 1.165) is 13.1 Å². The van der Waals surface area contributed by atoms with Crippen LogP contribution in [0.4, 0.5) is 0 Å². The summed E-state index contributed by atoms with van der Waals surface area (Å²) in [5.41, 5.74) is 2.76. The summed E-state index contributed by atoms with van der Waals surface area (Å²) in [6.45, 7) is 1.68. The quantitative estimate of drug-likeness (QED) is 0.779. The molecule has 126 valence electrons. The number of hydrogen-bond donors (Lipinski definition) is 1. The van der Waals surface area contributed by atoms with E-state index in [1.54, 1.807) is 10.9 Å². The summed E-state index contributed by atoms with van der Waals surface area (Å²) in [7, 11) is 0. The van der Waals surface area contributed by atoms with Crippen molar-refractivity contribution in [3.05, 3.63) is 89.7 Å². The monoisotopic (exact) mass is 333 g/mol. The average Bonchev–Trinajstić information content (AvgIpc) is 3.09. The molecule has 3 aromatic rings. The van der Waals surface area contributed by atoms with Gasteiger partial charge in [-0.3, -0.25) is 9.58 Å². The van der Waals surface area contributed by atoms with Crippen LogP contribution >= 0.6 is 0 Å². The maximum atomic E-state index is 11.0. The van der Waals surface area contributed by atoms with Crippen molar-refractivity contribution in [3.8, 4) is 0 Å². The van der Waals surface area contributed by atoms with E-state index < -0.39 is 5.97 Å². The van der Waals surface area contributed by atoms with Crippen molar-refractivity contribution in [2.24, 2.45) is 0 Å². The van der Waals surface area contributed by atoms with E-state index in [0.29, 0.717) is 0 Å². The van der Waals surface area contributed by atoms with Gasteiger partial charge in [-0.05, 0) is 11.1 Å². The molecular formula is C20H19N3O2. The van der Waals surface area contributed by atoms with E-state index in [1.165, 1.54) is 17.3 Å². The maximum absolute atomic E-state index is 11.0. The third kappa shape index (κ3) is 3.06. The van der Waals surface area contributed by atoms with Gasteiger partial charge >= 0.3 is 5.97 Å². The topological polar surface area (TPSA) is 58.4 Å². The lowest BCUT2D eigenvalue weighted by molar-refractivity contribution is 0.0669. The maximum Gasteiger partial charge on any atom is 0.338 e. The molecule has 0 bridgehead atoms. The Balaban J connectivity index is 1.55. The minimum atomic E-state index is -0.936. The molecule has 4 rings (SSSR count). The van der Waals surface area contributed by atoms with Crippen LogP contribution < -0.4 is 0 Å². The highest BCUT2D eigenvalue weighted by Crippen LogP contribution is 2.35. The number of aromatic carboxylic acids is 1. The summed E-state index contributed by atoms with van der Waals surface area (Å²) in [6.07, 6.45) is 3.03. The first kappa shape index (κ1) is 15.6. The second-order valence-electron chi connectivity index (χ2n) is 6.35. The Bertz CT molecular complexity index is 815. The molecule has 1 fully saturated rings. The van der Waals surface area contributed by atoms with Crippen molar-refractivity contribution < 1.29 is 9.90 Å². The molecule has 0 atom stereocenters. The highest BCUT2D eigenvalue weighted by molar-refractivity contribution is 5.86. The molecule has 1 aliphatic heterocycles. The summed E-state index contributed by atoms with van der Waals surface area (Å²) < 4.78 is 1.77. The Morgan fingerprint density at radius 3 is 2.04 bits per heavy atom. The Kier molecular flexibility index (Phi) is 4.07. The van der Waals surface area contributed by atoms with E-state index >= 15 is 0 Å². The van der Waals surface area contributed by atoms with Gasteiger partial charge in [0.1, 0.15) is 0 Å². The molecule has 2 aromatic carbocycles. The molecule has 1 N–H and O–H groups in total. The zero-order chi connectivity index (χ0) is 17.2. The number of hydrogen-bond acceptors (Lipinski definition) is 3. The van der Waals surface area contributed by atoms with Gasteiger partial charge in [0.05, 0.1) is 23.8 Å². The summed E-state index contributed by atoms with van der Waals surface area (Å²) in [4.78, 5) is 13.4. The van der Waals surface area contributed by atoms with Crippen molar-refractivity contribution in [1.82, 2.24) is 14.7 Å². The second kappa shape index (κ2) is 6.53. The van der Waals surface area contributed by atoms with Gasteiger partial charge in [-0.25, -0.2) is 4.79 Å². The molecule has 25 heavy (non-hydrogen) atoms. The summed E-state index contributed by atoms with van der Waals surface area (Å²) in [5, 5.41) is 13.3. The smallest absolute Gasteiger partial charge is 0.338 e. The molecule has 5 heteroatoms. The van der Waals surface area contributed by atoms with Gasteiger partial charge in [-0.2, -0.15) is 5.10 Å². The zero-order valence-corrected chi connectivity index (χ0v) is 13.7. The minimum Gasteiger partial charge on any atom is -0.478 e. The summed E-state index contributed by atoms with van der Waals surface area (Å²) in [5.74, 6) is -0.936. The Morgan fingerprint density at radius 2 is 1.56 bits per heavy atom. The van der Waals surface area contributed by atoms with Crippen LogP contribution in [-0.2, 0) is 0 Å². The normalized spacial score (nSPS) is 15.2. The number of aromatic nitrogens is 2. The molecule has 2 heterocycles. The number of nitrogens with zero attached hydrogens (tertiary/aromatic N) is 3. The summed E-state index contributed by atoms with van der Waals surface area (Å²) in [6, 6.07) is 21.3. The molecule has 1 aromatic heterocycles. The first-order valence-corrected chi connectivity index (χ1v) is 8.34. The molecule has 0 radical (unpaired) electrons. The van der Waals surface area contributed by atoms with Crippen LogP contribution in [-0.4, -0.2) is 38.8 Å². The van der Waals surface area contributed by atoms with E-state index in [-0.39, 0.29) is 17.6 Å². The van der Waals surface area contributed by atoms with Crippen molar-refractivity contribution in [2.45, 2.75) is 12.1 Å². The molecule has 0 spiro atoms. The Morgan fingerprint density at radius 1 is 1.00 bits per heavy atom. The number of carboxylic acid groups (broad SMARTS) is 1. The van der Waals surface area contributed by atoms with E-state index in [1.807, 2.05) is 12.1 Å². The van der Waals surface area contributed by atoms with Crippen LogP contribution in [0.2, 0.25) is 0 Å². The zero-order valence-electron chi connectivity index (χ0n) is 13.7. The largest absolute Gasteiger partial charge is 0.478 e. The van der Waals surface area contributed by atoms with E-state index in [9.17, 15) is 4.79 Å². The fourth-order valence-electron chi connectivity index (χ4n) is 3.40. The van der Waals surface area contributed by atoms with Crippen LogP contribution in [0.1, 0.15) is 33.6 Å². The molecule has 0 aliphatic carbocycles. The van der Waals surface area contributed by atoms with Gasteiger partial charge in [-0.15, -0.1) is 0 Å². The van der Waals surface area contributed by atoms with Gasteiger partial charge in [-0.1, -0.05) is 60.7 Å². The Labute approximate surface area is 146 Å². The molecule has 1 aliphatic rings. The molecule has 0 amide bonds. The first-order valence-electron chi connectivity index (χ1n) is 8.34. The van der Waals surface area contributed by atoms with Gasteiger partial charge in [0.15, 0.2) is 0 Å². The fraction of sp³-hybridized carbons (Fsp3) is 0.200. The van der Waals surface area contributed by atoms with Crippen LogP contribution in [0.3, 0.4) is 0 Å². The van der Waals surface area contributed by atoms with E-state index in [2.05, 4.69) is 58.5 Å². The van der Waals surface area contributed by atoms with Crippen molar-refractivity contribution in [1.29, 1.82) is 0 Å². The van der Waals surface area contributed by atoms with Crippen LogP contribution in [0.15, 0.2) is 73.1 Å². The van der Waals surface area contributed by atoms with Gasteiger partial charge in [0, 0.05) is 19.3 Å². The minimum absolute atomic E-state index is 0.202. The molecule has 0 saturated carbocycles. The molecule has 5 nitrogen and oxygen atoms in total. The highest BCUT2D eigenvalue weighted by Gasteiger charge is 2.35. The third-order valence-corrected chi connectivity index (χ3v) is 4.71. The van der Waals surface area contributed by atoms with Crippen molar-refractivity contribution in [3.63, 3.8) is 0 Å². The predicted molar refractivity (Wildman–Crippen MR) is 94.5 cm³/mol. The lowest BCUT2D eigenvalue weighted by Gasteiger charge is -2.44. The number of carbonyl (C=O) groups is 1. The SMILES string of the molecule is O=C(O)c1cnn(C2CN(C(c3ccccc3)c3ccccc3)C2)c1. The lowest BCUT2D eigenvalue weighted by atomic mass is 9.93. The first-order chi connectivity index (χ1) is 12.2. The van der Waals surface area contributed by atoms with Gasteiger partial charge < -0.3 is 5.11 Å². The molecule has 0 unspecified atom stereocenters. The number of rotatable bonds is 5. The highest BCUT2D eigenvalue weighted by atomic mass is 16.4. The fourth-order valence-corrected chi connectivity index (χ4v) is 3.40. The molecular weight excluding hydrogens is 314 g/mol. The third-order valence-electron chi connectivity index (χ3n) is 4.71. The van der Waals surface area contributed by atoms with Crippen LogP contribution in [0, 0.1) is 0 Å². The van der Waals surface area contributed by atoms with Gasteiger partial charge in [0.2, 0.25) is 0 Å². The number of benzene rings is 2. The lowest BCUT2D eigenvalue weighted by Crippen LogP contribution is -2.49. The van der Waals surface area contributed by atoms with Crippen LogP contribution in [0.5, 0.6) is 0 Å². The van der Waals surface area contributed by atoms with E-state index in [4.69, 9.17) is 5.11 Å². The standard InChI is InChI=1S/C20H19N3O2/c24-20(25)17-11-21-23(12-17)18-13-22(14-18)19(15-7-3-1-4-8-15)16-9-5-2-6-10-16/h1-12,18-19H,13-14H2,(H,24,25). The van der Waals surface area contributed by atoms with Crippen LogP contribution in [0.25, 0.3) is 0 Å². The van der Waals surface area contributed by atoms with Crippen molar-refractivity contribution in [2.75, 3.05) is 13.1 Å². The second-order valence-corrected chi connectivity index (χ2v) is 6.35. The average molecular weight is 333 g/mol. The molecule has 1 saturated heterocycles. The van der Waals surface area contributed by atoms with Gasteiger partial charge in [0.25, 0.3) is 0 Å². The number of likely N-dealkylation sites (tertiary alicyclic amines) is 1. The Hall–Kier alpha value is -2.92. The predicted octanol–water partition coefficient (Wildman–Crippen LogP) is 3.23. The van der Waals surface area contributed by atoms with Crippen molar-refractivity contribution >= 4 is 5.97 Å².